The van der Waals surface area contributed by atoms with E-state index in [1.807, 2.05) is 6.07 Å². The van der Waals surface area contributed by atoms with Crippen molar-refractivity contribution in [1.82, 2.24) is 9.97 Å². The van der Waals surface area contributed by atoms with Crippen LogP contribution in [-0.4, -0.2) is 23.1 Å². The van der Waals surface area contributed by atoms with Gasteiger partial charge in [0.05, 0.1) is 0 Å². The molecule has 3 rings (SSSR count). The van der Waals surface area contributed by atoms with Gasteiger partial charge in [0.2, 0.25) is 0 Å². The molecule has 98 valence electrons. The summed E-state index contributed by atoms with van der Waals surface area (Å²) in [5.41, 5.74) is 5.92. The van der Waals surface area contributed by atoms with Crippen molar-refractivity contribution in [2.75, 3.05) is 23.7 Å². The van der Waals surface area contributed by atoms with Gasteiger partial charge in [-0.25, -0.2) is 9.97 Å². The first-order valence-electron chi connectivity index (χ1n) is 7.22. The van der Waals surface area contributed by atoms with E-state index in [9.17, 15) is 0 Å². The molecule has 1 saturated carbocycles. The smallest absolute Gasteiger partial charge is 0.136 e. The van der Waals surface area contributed by atoms with E-state index in [1.54, 1.807) is 0 Å². The summed E-state index contributed by atoms with van der Waals surface area (Å²) in [6, 6.07) is 1.94. The summed E-state index contributed by atoms with van der Waals surface area (Å²) < 4.78 is 0. The van der Waals surface area contributed by atoms with Gasteiger partial charge < -0.3 is 10.6 Å². The Hall–Kier alpha value is -1.32. The van der Waals surface area contributed by atoms with Gasteiger partial charge in [-0.3, -0.25) is 0 Å². The summed E-state index contributed by atoms with van der Waals surface area (Å²) in [6.07, 6.45) is 9.04. The highest BCUT2D eigenvalue weighted by Crippen LogP contribution is 2.39. The van der Waals surface area contributed by atoms with Crippen LogP contribution < -0.4 is 10.6 Å². The molecule has 2 N–H and O–H groups in total. The molecule has 1 aliphatic heterocycles. The molecule has 4 nitrogen and oxygen atoms in total. The number of nitrogen functional groups attached to an aromatic ring is 1. The van der Waals surface area contributed by atoms with Crippen LogP contribution in [0, 0.1) is 0 Å². The molecule has 0 aromatic carbocycles. The normalized spacial score (nSPS) is 21.4. The van der Waals surface area contributed by atoms with Crippen molar-refractivity contribution in [1.29, 1.82) is 0 Å². The van der Waals surface area contributed by atoms with Gasteiger partial charge in [0.15, 0.2) is 0 Å². The summed E-state index contributed by atoms with van der Waals surface area (Å²) in [7, 11) is 0. The Balaban J connectivity index is 1.80. The van der Waals surface area contributed by atoms with Crippen LogP contribution in [0.2, 0.25) is 0 Å². The van der Waals surface area contributed by atoms with Gasteiger partial charge in [-0.1, -0.05) is 19.3 Å². The summed E-state index contributed by atoms with van der Waals surface area (Å²) in [4.78, 5) is 11.5. The second kappa shape index (κ2) is 5.12. The Morgan fingerprint density at radius 3 is 2.33 bits per heavy atom. The number of hydrogen-bond donors (Lipinski definition) is 1. The van der Waals surface area contributed by atoms with E-state index in [2.05, 4.69) is 9.88 Å². The van der Waals surface area contributed by atoms with E-state index in [-0.39, 0.29) is 0 Å². The van der Waals surface area contributed by atoms with E-state index in [4.69, 9.17) is 10.7 Å². The van der Waals surface area contributed by atoms with Gasteiger partial charge in [0, 0.05) is 25.1 Å². The number of nitrogens with two attached hydrogens (primary N) is 1. The lowest BCUT2D eigenvalue weighted by Crippen LogP contribution is -2.28. The van der Waals surface area contributed by atoms with Crippen molar-refractivity contribution in [2.45, 2.75) is 50.9 Å². The molecular formula is C14H22N4. The van der Waals surface area contributed by atoms with E-state index in [0.717, 1.165) is 24.7 Å². The van der Waals surface area contributed by atoms with E-state index in [1.165, 1.54) is 44.9 Å². The minimum atomic E-state index is 0.571. The first-order valence-corrected chi connectivity index (χ1v) is 7.22. The quantitative estimate of drug-likeness (QED) is 0.871. The molecule has 0 radical (unpaired) electrons. The monoisotopic (exact) mass is 246 g/mol. The van der Waals surface area contributed by atoms with Crippen LogP contribution in [0.1, 0.15) is 56.7 Å². The Morgan fingerprint density at radius 1 is 1.00 bits per heavy atom. The number of hydrogen-bond acceptors (Lipinski definition) is 4. The Labute approximate surface area is 109 Å². The maximum absolute atomic E-state index is 5.92. The van der Waals surface area contributed by atoms with Crippen molar-refractivity contribution >= 4 is 11.6 Å². The second-order valence-electron chi connectivity index (χ2n) is 5.54. The maximum Gasteiger partial charge on any atom is 0.136 e. The average Bonchev–Trinajstić information content (AvgIpc) is 3.11. The van der Waals surface area contributed by atoms with Crippen molar-refractivity contribution in [3.05, 3.63) is 11.9 Å². The van der Waals surface area contributed by atoms with Crippen LogP contribution in [0.4, 0.5) is 11.6 Å². The second-order valence-corrected chi connectivity index (χ2v) is 5.54. The van der Waals surface area contributed by atoms with Gasteiger partial charge >= 0.3 is 0 Å². The Morgan fingerprint density at radius 2 is 1.67 bits per heavy atom. The highest BCUT2D eigenvalue weighted by Gasteiger charge is 2.27. The average molecular weight is 246 g/mol. The number of nitrogens with zero attached hydrogens (tertiary/aromatic N) is 3. The molecule has 1 aromatic rings. The highest BCUT2D eigenvalue weighted by atomic mass is 15.2. The molecular weight excluding hydrogens is 224 g/mol. The first-order chi connectivity index (χ1) is 8.83. The first kappa shape index (κ1) is 11.8. The molecule has 2 heterocycles. The molecule has 0 bridgehead atoms. The van der Waals surface area contributed by atoms with Gasteiger partial charge in [-0.2, -0.15) is 0 Å². The van der Waals surface area contributed by atoms with Crippen LogP contribution in [0.5, 0.6) is 0 Å². The maximum atomic E-state index is 5.92. The van der Waals surface area contributed by atoms with E-state index in [0.29, 0.717) is 11.7 Å². The summed E-state index contributed by atoms with van der Waals surface area (Å²) in [6.45, 7) is 2.22. The summed E-state index contributed by atoms with van der Waals surface area (Å²) in [5, 5.41) is 0. The van der Waals surface area contributed by atoms with E-state index < -0.39 is 0 Å². The third-order valence-electron chi connectivity index (χ3n) is 3.87. The van der Waals surface area contributed by atoms with Crippen molar-refractivity contribution < 1.29 is 0 Å². The Bertz CT molecular complexity index is 406. The molecule has 0 atom stereocenters. The van der Waals surface area contributed by atoms with Gasteiger partial charge in [0.1, 0.15) is 17.5 Å². The summed E-state index contributed by atoms with van der Waals surface area (Å²) in [5.74, 6) is 3.21. The van der Waals surface area contributed by atoms with Crippen LogP contribution >= 0.6 is 0 Å². The lowest BCUT2D eigenvalue weighted by Gasteiger charge is -2.26. The summed E-state index contributed by atoms with van der Waals surface area (Å²) >= 11 is 0. The highest BCUT2D eigenvalue weighted by molar-refractivity contribution is 5.47. The van der Waals surface area contributed by atoms with Crippen LogP contribution in [0.15, 0.2) is 6.07 Å². The number of anilines is 2. The molecule has 1 aliphatic carbocycles. The zero-order chi connectivity index (χ0) is 12.4. The molecule has 2 fully saturated rings. The minimum absolute atomic E-state index is 0.571. The topological polar surface area (TPSA) is 55.0 Å². The molecule has 0 amide bonds. The van der Waals surface area contributed by atoms with Crippen molar-refractivity contribution in [2.24, 2.45) is 0 Å². The zero-order valence-electron chi connectivity index (χ0n) is 10.9. The van der Waals surface area contributed by atoms with Gasteiger partial charge in [0.25, 0.3) is 0 Å². The van der Waals surface area contributed by atoms with Crippen molar-refractivity contribution in [3.8, 4) is 0 Å². The van der Waals surface area contributed by atoms with Crippen LogP contribution in [0.3, 0.4) is 0 Å². The van der Waals surface area contributed by atoms with Crippen LogP contribution in [0.25, 0.3) is 0 Å². The molecule has 1 aromatic heterocycles. The van der Waals surface area contributed by atoms with Crippen molar-refractivity contribution in [3.63, 3.8) is 0 Å². The molecule has 0 unspecified atom stereocenters. The van der Waals surface area contributed by atoms with Gasteiger partial charge in [-0.15, -0.1) is 0 Å². The lowest BCUT2D eigenvalue weighted by molar-refractivity contribution is 0.553. The predicted octanol–water partition coefficient (Wildman–Crippen LogP) is 2.71. The third kappa shape index (κ3) is 2.74. The zero-order valence-corrected chi connectivity index (χ0v) is 10.9. The number of rotatable bonds is 2. The Kier molecular flexibility index (Phi) is 3.35. The lowest BCUT2D eigenvalue weighted by atomic mass is 10.1. The third-order valence-corrected chi connectivity index (χ3v) is 3.87. The molecule has 2 aliphatic rings. The molecule has 1 saturated heterocycles. The van der Waals surface area contributed by atoms with Gasteiger partial charge in [-0.05, 0) is 25.7 Å². The molecule has 0 spiro atoms. The standard InChI is InChI=1S/C14H22N4/c15-12-10-13(17-14(16-12)11-6-7-11)18-8-4-2-1-3-5-9-18/h10-11H,1-9H2,(H2,15,16,17). The molecule has 18 heavy (non-hydrogen) atoms. The van der Waals surface area contributed by atoms with Crippen LogP contribution in [-0.2, 0) is 0 Å². The van der Waals surface area contributed by atoms with E-state index >= 15 is 0 Å². The fourth-order valence-electron chi connectivity index (χ4n) is 2.63. The molecule has 4 heteroatoms. The minimum Gasteiger partial charge on any atom is -0.384 e. The SMILES string of the molecule is Nc1cc(N2CCCCCCC2)nc(C2CC2)n1. The number of aromatic nitrogens is 2. The largest absolute Gasteiger partial charge is 0.384 e. The predicted molar refractivity (Wildman–Crippen MR) is 73.7 cm³/mol. The fraction of sp³-hybridized carbons (Fsp3) is 0.714. The fourth-order valence-corrected chi connectivity index (χ4v) is 2.63.